The predicted octanol–water partition coefficient (Wildman–Crippen LogP) is 1.42. The van der Waals surface area contributed by atoms with Crippen LogP contribution in [-0.2, 0) is 16.7 Å². The average molecular weight is 335 g/mol. The van der Waals surface area contributed by atoms with Gasteiger partial charge in [-0.15, -0.1) is 0 Å². The van der Waals surface area contributed by atoms with E-state index in [9.17, 15) is 8.42 Å². The quantitative estimate of drug-likeness (QED) is 0.696. The number of nitrogens with zero attached hydrogens (tertiary/aromatic N) is 4. The molecule has 0 aliphatic rings. The summed E-state index contributed by atoms with van der Waals surface area (Å²) in [5.74, 6) is 0.756. The highest BCUT2D eigenvalue weighted by molar-refractivity contribution is 7.85. The Bertz CT molecular complexity index is 870. The predicted molar refractivity (Wildman–Crippen MR) is 87.9 cm³/mol. The highest BCUT2D eigenvalue weighted by Crippen LogP contribution is 2.17. The van der Waals surface area contributed by atoms with E-state index in [4.69, 9.17) is 4.55 Å². The molecule has 0 spiro atoms. The second kappa shape index (κ2) is 7.16. The summed E-state index contributed by atoms with van der Waals surface area (Å²) in [4.78, 5) is 12.8. The van der Waals surface area contributed by atoms with Crippen LogP contribution in [-0.4, -0.2) is 45.8 Å². The van der Waals surface area contributed by atoms with Gasteiger partial charge in [-0.2, -0.15) is 8.42 Å². The third kappa shape index (κ3) is 5.01. The van der Waals surface area contributed by atoms with Crippen LogP contribution in [0.1, 0.15) is 5.56 Å². The fourth-order valence-corrected chi connectivity index (χ4v) is 1.96. The number of hydrogen-bond acceptors (Lipinski definition) is 6. The molecule has 0 atom stereocenters. The minimum atomic E-state index is -3.67. The molecule has 0 fully saturated rings. The molecule has 3 rings (SSSR count). The van der Waals surface area contributed by atoms with E-state index in [1.54, 1.807) is 12.7 Å². The largest absolute Gasteiger partial charge is 0.371 e. The molecule has 0 aliphatic carbocycles. The highest BCUT2D eigenvalue weighted by atomic mass is 32.2. The van der Waals surface area contributed by atoms with Crippen LogP contribution >= 0.6 is 0 Å². The van der Waals surface area contributed by atoms with Gasteiger partial charge in [-0.3, -0.25) is 4.55 Å². The fraction of sp³-hybridized carbons (Fsp3) is 0.214. The molecule has 3 aromatic rings. The van der Waals surface area contributed by atoms with E-state index >= 15 is 0 Å². The van der Waals surface area contributed by atoms with Gasteiger partial charge in [-0.1, -0.05) is 30.3 Å². The molecule has 0 unspecified atom stereocenters. The first-order valence-corrected chi connectivity index (χ1v) is 8.53. The van der Waals surface area contributed by atoms with E-state index in [1.807, 2.05) is 29.8 Å². The van der Waals surface area contributed by atoms with Gasteiger partial charge in [-0.05, 0) is 5.56 Å². The van der Waals surface area contributed by atoms with E-state index in [0.29, 0.717) is 6.26 Å². The zero-order chi connectivity index (χ0) is 16.9. The lowest BCUT2D eigenvalue weighted by Gasteiger charge is -2.04. The molecule has 0 saturated carbocycles. The van der Waals surface area contributed by atoms with Crippen molar-refractivity contribution < 1.29 is 13.0 Å². The minimum Gasteiger partial charge on any atom is -0.371 e. The van der Waals surface area contributed by atoms with Gasteiger partial charge in [0.1, 0.15) is 11.8 Å². The number of hydrogen-bond donors (Lipinski definition) is 2. The van der Waals surface area contributed by atoms with Crippen molar-refractivity contribution in [2.45, 2.75) is 6.54 Å². The van der Waals surface area contributed by atoms with Crippen molar-refractivity contribution in [1.82, 2.24) is 19.5 Å². The van der Waals surface area contributed by atoms with Gasteiger partial charge in [0.15, 0.2) is 11.5 Å². The molecule has 0 amide bonds. The Labute approximate surface area is 134 Å². The molecule has 9 heteroatoms. The number of imidazole rings is 1. The molecule has 0 aliphatic heterocycles. The van der Waals surface area contributed by atoms with Crippen molar-refractivity contribution in [1.29, 1.82) is 0 Å². The van der Waals surface area contributed by atoms with E-state index in [0.717, 1.165) is 23.5 Å². The first-order chi connectivity index (χ1) is 10.9. The second-order valence-electron chi connectivity index (χ2n) is 4.74. The Morgan fingerprint density at radius 3 is 2.43 bits per heavy atom. The van der Waals surface area contributed by atoms with E-state index in [-0.39, 0.29) is 0 Å². The number of benzene rings is 1. The Morgan fingerprint density at radius 1 is 1.17 bits per heavy atom. The van der Waals surface area contributed by atoms with Crippen molar-refractivity contribution >= 4 is 27.1 Å². The summed E-state index contributed by atoms with van der Waals surface area (Å²) in [5, 5.41) is 3.02. The summed E-state index contributed by atoms with van der Waals surface area (Å²) in [6, 6.07) is 10.2. The van der Waals surface area contributed by atoms with Crippen molar-refractivity contribution in [2.75, 3.05) is 18.6 Å². The van der Waals surface area contributed by atoms with Gasteiger partial charge in [-0.25, -0.2) is 15.0 Å². The maximum atomic E-state index is 9.19. The molecule has 8 nitrogen and oxygen atoms in total. The van der Waals surface area contributed by atoms with Crippen molar-refractivity contribution in [3.05, 3.63) is 48.5 Å². The number of rotatable bonds is 3. The van der Waals surface area contributed by atoms with Crippen LogP contribution < -0.4 is 5.32 Å². The summed E-state index contributed by atoms with van der Waals surface area (Å²) < 4.78 is 27.9. The molecule has 1 aromatic carbocycles. The molecule has 2 N–H and O–H groups in total. The fourth-order valence-electron chi connectivity index (χ4n) is 1.96. The highest BCUT2D eigenvalue weighted by Gasteiger charge is 2.08. The molecule has 0 saturated heterocycles. The maximum Gasteiger partial charge on any atom is 0.261 e. The smallest absolute Gasteiger partial charge is 0.261 e. The normalized spacial score (nSPS) is 10.9. The van der Waals surface area contributed by atoms with Gasteiger partial charge in [0, 0.05) is 7.05 Å². The molecule has 2 aromatic heterocycles. The zero-order valence-corrected chi connectivity index (χ0v) is 13.5. The summed E-state index contributed by atoms with van der Waals surface area (Å²) in [6.45, 7) is 0.761. The molecular weight excluding hydrogens is 318 g/mol. The third-order valence-electron chi connectivity index (χ3n) is 2.83. The Kier molecular flexibility index (Phi) is 5.24. The first-order valence-electron chi connectivity index (χ1n) is 6.68. The van der Waals surface area contributed by atoms with Gasteiger partial charge >= 0.3 is 0 Å². The van der Waals surface area contributed by atoms with E-state index in [1.165, 1.54) is 5.56 Å². The van der Waals surface area contributed by atoms with Gasteiger partial charge in [0.25, 0.3) is 10.1 Å². The number of fused-ring (bicyclic) bond motifs is 1. The third-order valence-corrected chi connectivity index (χ3v) is 2.83. The van der Waals surface area contributed by atoms with Crippen molar-refractivity contribution in [2.24, 2.45) is 0 Å². The lowest BCUT2D eigenvalue weighted by molar-refractivity contribution is 0.490. The van der Waals surface area contributed by atoms with Crippen LogP contribution in [0.3, 0.4) is 0 Å². The van der Waals surface area contributed by atoms with Gasteiger partial charge in [0.05, 0.1) is 19.1 Å². The lowest BCUT2D eigenvalue weighted by Crippen LogP contribution is -2.00. The molecule has 2 heterocycles. The summed E-state index contributed by atoms with van der Waals surface area (Å²) in [7, 11) is -1.84. The van der Waals surface area contributed by atoms with Crippen LogP contribution in [0.15, 0.2) is 43.0 Å². The summed E-state index contributed by atoms with van der Waals surface area (Å²) in [6.07, 6.45) is 4.07. The molecule has 0 radical (unpaired) electrons. The summed E-state index contributed by atoms with van der Waals surface area (Å²) in [5.41, 5.74) is 2.87. The Morgan fingerprint density at radius 2 is 1.83 bits per heavy atom. The van der Waals surface area contributed by atoms with Gasteiger partial charge < -0.3 is 9.88 Å². The van der Waals surface area contributed by atoms with Crippen LogP contribution in [0, 0.1) is 0 Å². The molecule has 0 bridgehead atoms. The van der Waals surface area contributed by atoms with Crippen LogP contribution in [0.4, 0.5) is 5.82 Å². The van der Waals surface area contributed by atoms with Crippen LogP contribution in [0.2, 0.25) is 0 Å². The second-order valence-corrected chi connectivity index (χ2v) is 6.20. The average Bonchev–Trinajstić information content (AvgIpc) is 2.90. The van der Waals surface area contributed by atoms with Crippen molar-refractivity contribution in [3.8, 4) is 0 Å². The monoisotopic (exact) mass is 335 g/mol. The molecule has 23 heavy (non-hydrogen) atoms. The summed E-state index contributed by atoms with van der Waals surface area (Å²) >= 11 is 0. The number of aromatic nitrogens is 4. The Hall–Kier alpha value is -2.52. The van der Waals surface area contributed by atoms with E-state index < -0.39 is 10.1 Å². The van der Waals surface area contributed by atoms with E-state index in [2.05, 4.69) is 32.4 Å². The minimum absolute atomic E-state index is 0.715. The number of nitrogens with one attached hydrogen (secondary N) is 1. The zero-order valence-electron chi connectivity index (χ0n) is 12.7. The topological polar surface area (TPSA) is 110 Å². The van der Waals surface area contributed by atoms with Crippen molar-refractivity contribution in [3.63, 3.8) is 0 Å². The SMILES string of the molecule is CNc1ncnc2c1ncn2Cc1ccccc1.CS(=O)(=O)O. The van der Waals surface area contributed by atoms with Crippen LogP contribution in [0.5, 0.6) is 0 Å². The van der Waals surface area contributed by atoms with Crippen LogP contribution in [0.25, 0.3) is 11.2 Å². The Balaban J connectivity index is 0.000000338. The maximum absolute atomic E-state index is 9.19. The van der Waals surface area contributed by atoms with Gasteiger partial charge in [0.2, 0.25) is 0 Å². The molecule has 122 valence electrons. The molecular formula is C14H17N5O3S. The standard InChI is InChI=1S/C13H13N5.CH4O3S/c1-14-12-11-13(16-8-15-12)18(9-17-11)7-10-5-3-2-4-6-10;1-5(2,3)4/h2-6,8-9H,7H2,1H3,(H,14,15,16);1H3,(H,2,3,4). The number of anilines is 1. The lowest BCUT2D eigenvalue weighted by atomic mass is 10.2. The first kappa shape index (κ1) is 16.8.